The summed E-state index contributed by atoms with van der Waals surface area (Å²) in [6.45, 7) is 0.707. The van der Waals surface area contributed by atoms with E-state index >= 15 is 0 Å². The van der Waals surface area contributed by atoms with Gasteiger partial charge in [0.2, 0.25) is 0 Å². The van der Waals surface area contributed by atoms with Gasteiger partial charge in [-0.1, -0.05) is 35.3 Å². The maximum Gasteiger partial charge on any atom is 0.273 e. The second kappa shape index (κ2) is 7.24. The summed E-state index contributed by atoms with van der Waals surface area (Å²) in [6, 6.07) is 7.17. The van der Waals surface area contributed by atoms with Gasteiger partial charge in [-0.25, -0.2) is 4.98 Å². The molecule has 0 aliphatic rings. The molecule has 0 fully saturated rings. The Kier molecular flexibility index (Phi) is 5.36. The van der Waals surface area contributed by atoms with E-state index in [1.165, 1.54) is 17.3 Å². The molecule has 2 rings (SSSR count). The summed E-state index contributed by atoms with van der Waals surface area (Å²) in [4.78, 5) is 21.3. The van der Waals surface area contributed by atoms with E-state index in [4.69, 9.17) is 27.9 Å². The average molecular weight is 326 g/mol. The van der Waals surface area contributed by atoms with Gasteiger partial charge in [0.15, 0.2) is 0 Å². The molecule has 0 aliphatic heterocycles. The number of hydrogen-bond acceptors (Lipinski definition) is 4. The Labute approximate surface area is 132 Å². The summed E-state index contributed by atoms with van der Waals surface area (Å²) in [5.74, 6) is 0.315. The molecule has 0 atom stereocenters. The van der Waals surface area contributed by atoms with E-state index in [2.05, 4.69) is 9.97 Å². The van der Waals surface area contributed by atoms with Gasteiger partial charge in [-0.3, -0.25) is 9.78 Å². The van der Waals surface area contributed by atoms with Crippen LogP contribution in [0.2, 0.25) is 10.2 Å². The van der Waals surface area contributed by atoms with Crippen LogP contribution in [-0.4, -0.2) is 41.0 Å². The second-order valence-corrected chi connectivity index (χ2v) is 5.03. The van der Waals surface area contributed by atoms with Crippen molar-refractivity contribution in [2.24, 2.45) is 0 Å². The Balaban J connectivity index is 1.89. The third-order valence-electron chi connectivity index (χ3n) is 2.69. The van der Waals surface area contributed by atoms with Crippen molar-refractivity contribution in [1.82, 2.24) is 14.9 Å². The predicted octanol–water partition coefficient (Wildman–Crippen LogP) is 2.93. The van der Waals surface area contributed by atoms with Crippen molar-refractivity contribution in [2.45, 2.75) is 0 Å². The summed E-state index contributed by atoms with van der Waals surface area (Å²) in [6.07, 6.45) is 2.75. The lowest BCUT2D eigenvalue weighted by atomic mass is 10.3. The van der Waals surface area contributed by atoms with E-state index in [9.17, 15) is 4.79 Å². The fourth-order valence-corrected chi connectivity index (χ4v) is 1.93. The number of likely N-dealkylation sites (N-methyl/N-ethyl adjacent to an activating group) is 1. The van der Waals surface area contributed by atoms with Crippen molar-refractivity contribution in [3.63, 3.8) is 0 Å². The number of ether oxygens (including phenoxy) is 1. The number of carbonyl (C=O) groups is 1. The standard InChI is InChI=1S/C14H13Cl2N3O2/c1-19(14(20)11-8-17-9-13(16)18-11)6-7-21-12-5-3-2-4-10(12)15/h2-5,8-9H,6-7H2,1H3. The lowest BCUT2D eigenvalue weighted by Gasteiger charge is -2.17. The molecule has 1 amide bonds. The molecule has 1 aromatic carbocycles. The van der Waals surface area contributed by atoms with E-state index in [-0.39, 0.29) is 16.8 Å². The van der Waals surface area contributed by atoms with Gasteiger partial charge in [0.05, 0.1) is 24.0 Å². The third-order valence-corrected chi connectivity index (χ3v) is 3.19. The van der Waals surface area contributed by atoms with Crippen LogP contribution < -0.4 is 4.74 Å². The number of para-hydroxylation sites is 1. The minimum Gasteiger partial charge on any atom is -0.490 e. The predicted molar refractivity (Wildman–Crippen MR) is 80.9 cm³/mol. The van der Waals surface area contributed by atoms with E-state index in [1.54, 1.807) is 19.2 Å². The first-order valence-corrected chi connectivity index (χ1v) is 6.94. The molecule has 7 heteroatoms. The molecule has 0 bridgehead atoms. The van der Waals surface area contributed by atoms with Crippen molar-refractivity contribution >= 4 is 29.1 Å². The summed E-state index contributed by atoms with van der Waals surface area (Å²) < 4.78 is 5.53. The van der Waals surface area contributed by atoms with Crippen LogP contribution in [0.3, 0.4) is 0 Å². The topological polar surface area (TPSA) is 55.3 Å². The van der Waals surface area contributed by atoms with Gasteiger partial charge in [-0.2, -0.15) is 0 Å². The van der Waals surface area contributed by atoms with Gasteiger partial charge in [-0.05, 0) is 12.1 Å². The van der Waals surface area contributed by atoms with Gasteiger partial charge < -0.3 is 9.64 Å². The molecular formula is C14H13Cl2N3O2. The highest BCUT2D eigenvalue weighted by molar-refractivity contribution is 6.32. The van der Waals surface area contributed by atoms with E-state index in [0.717, 1.165) is 0 Å². The highest BCUT2D eigenvalue weighted by atomic mass is 35.5. The number of carbonyl (C=O) groups excluding carboxylic acids is 1. The molecule has 0 saturated heterocycles. The van der Waals surface area contributed by atoms with E-state index < -0.39 is 0 Å². The SMILES string of the molecule is CN(CCOc1ccccc1Cl)C(=O)c1cncc(Cl)n1. The highest BCUT2D eigenvalue weighted by Gasteiger charge is 2.14. The molecule has 0 unspecified atom stereocenters. The van der Waals surface area contributed by atoms with Crippen molar-refractivity contribution < 1.29 is 9.53 Å². The Hall–Kier alpha value is -1.85. The quantitative estimate of drug-likeness (QED) is 0.848. The molecule has 5 nitrogen and oxygen atoms in total. The first-order valence-electron chi connectivity index (χ1n) is 6.18. The number of halogens is 2. The molecule has 1 heterocycles. The minimum absolute atomic E-state index is 0.182. The maximum atomic E-state index is 12.1. The fourth-order valence-electron chi connectivity index (χ4n) is 1.60. The second-order valence-electron chi connectivity index (χ2n) is 4.23. The summed E-state index contributed by atoms with van der Waals surface area (Å²) in [7, 11) is 1.65. The van der Waals surface area contributed by atoms with Crippen LogP contribution in [0.25, 0.3) is 0 Å². The number of aromatic nitrogens is 2. The Morgan fingerprint density at radius 1 is 1.29 bits per heavy atom. The molecule has 21 heavy (non-hydrogen) atoms. The largest absolute Gasteiger partial charge is 0.490 e. The van der Waals surface area contributed by atoms with E-state index in [0.29, 0.717) is 23.9 Å². The van der Waals surface area contributed by atoms with Gasteiger partial charge >= 0.3 is 0 Å². The van der Waals surface area contributed by atoms with Crippen molar-refractivity contribution in [3.8, 4) is 5.75 Å². The zero-order chi connectivity index (χ0) is 15.2. The Morgan fingerprint density at radius 2 is 2.05 bits per heavy atom. The Morgan fingerprint density at radius 3 is 2.76 bits per heavy atom. The molecule has 110 valence electrons. The van der Waals surface area contributed by atoms with Gasteiger partial charge in [0.25, 0.3) is 5.91 Å². The Bertz CT molecular complexity index is 637. The zero-order valence-electron chi connectivity index (χ0n) is 11.3. The van der Waals surface area contributed by atoms with Crippen LogP contribution in [0.5, 0.6) is 5.75 Å². The van der Waals surface area contributed by atoms with Gasteiger partial charge in [0, 0.05) is 7.05 Å². The molecule has 2 aromatic rings. The summed E-state index contributed by atoms with van der Waals surface area (Å²) in [5, 5.41) is 0.716. The molecule has 0 saturated carbocycles. The first-order chi connectivity index (χ1) is 10.1. The van der Waals surface area contributed by atoms with Crippen LogP contribution in [0.4, 0.5) is 0 Å². The van der Waals surface area contributed by atoms with Crippen LogP contribution in [0.15, 0.2) is 36.7 Å². The van der Waals surface area contributed by atoms with Crippen molar-refractivity contribution in [3.05, 3.63) is 52.5 Å². The summed E-state index contributed by atoms with van der Waals surface area (Å²) >= 11 is 11.7. The van der Waals surface area contributed by atoms with Gasteiger partial charge in [-0.15, -0.1) is 0 Å². The lowest BCUT2D eigenvalue weighted by Crippen LogP contribution is -2.31. The molecule has 0 radical (unpaired) electrons. The molecular weight excluding hydrogens is 313 g/mol. The van der Waals surface area contributed by atoms with Gasteiger partial charge in [0.1, 0.15) is 23.2 Å². The van der Waals surface area contributed by atoms with Crippen molar-refractivity contribution in [2.75, 3.05) is 20.2 Å². The van der Waals surface area contributed by atoms with Crippen LogP contribution in [-0.2, 0) is 0 Å². The van der Waals surface area contributed by atoms with Crippen LogP contribution in [0.1, 0.15) is 10.5 Å². The molecule has 1 aromatic heterocycles. The normalized spacial score (nSPS) is 10.2. The number of rotatable bonds is 5. The highest BCUT2D eigenvalue weighted by Crippen LogP contribution is 2.22. The zero-order valence-corrected chi connectivity index (χ0v) is 12.8. The monoisotopic (exact) mass is 325 g/mol. The molecule has 0 aliphatic carbocycles. The molecule has 0 N–H and O–H groups in total. The lowest BCUT2D eigenvalue weighted by molar-refractivity contribution is 0.0767. The summed E-state index contributed by atoms with van der Waals surface area (Å²) in [5.41, 5.74) is 0.197. The fraction of sp³-hybridized carbons (Fsp3) is 0.214. The number of amides is 1. The van der Waals surface area contributed by atoms with E-state index in [1.807, 2.05) is 12.1 Å². The van der Waals surface area contributed by atoms with Crippen LogP contribution in [0, 0.1) is 0 Å². The number of benzene rings is 1. The maximum absolute atomic E-state index is 12.1. The number of nitrogens with zero attached hydrogens (tertiary/aromatic N) is 3. The minimum atomic E-state index is -0.271. The smallest absolute Gasteiger partial charge is 0.273 e. The first kappa shape index (κ1) is 15.5. The average Bonchev–Trinajstić information content (AvgIpc) is 2.48. The number of hydrogen-bond donors (Lipinski definition) is 0. The molecule has 0 spiro atoms. The third kappa shape index (κ3) is 4.31. The van der Waals surface area contributed by atoms with Crippen LogP contribution >= 0.6 is 23.2 Å². The van der Waals surface area contributed by atoms with Crippen molar-refractivity contribution in [1.29, 1.82) is 0 Å².